The average molecular weight is 156 g/mol. The van der Waals surface area contributed by atoms with E-state index in [-0.39, 0.29) is 6.54 Å². The minimum absolute atomic E-state index is 0.00157. The van der Waals surface area contributed by atoms with Crippen molar-refractivity contribution < 1.29 is 14.4 Å². The van der Waals surface area contributed by atoms with Crippen LogP contribution in [0, 0.1) is 0 Å². The highest BCUT2D eigenvalue weighted by atomic mass is 16.2. The first kappa shape index (κ1) is 7.71. The van der Waals surface area contributed by atoms with Crippen LogP contribution in [0.1, 0.15) is 6.92 Å². The van der Waals surface area contributed by atoms with E-state index in [4.69, 9.17) is 0 Å². The third-order valence-corrected chi connectivity index (χ3v) is 1.45. The molecule has 0 saturated carbocycles. The standard InChI is InChI=1S/C6H8N2O3/c1-4(9)8-5(10)3-7(2)6(8)11/h3H2,1-2H3. The van der Waals surface area contributed by atoms with Crippen LogP contribution in [0.25, 0.3) is 0 Å². The van der Waals surface area contributed by atoms with E-state index in [9.17, 15) is 14.4 Å². The Kier molecular flexibility index (Phi) is 1.64. The summed E-state index contributed by atoms with van der Waals surface area (Å²) in [5, 5.41) is 0. The molecule has 0 aromatic heterocycles. The number of carbonyl (C=O) groups is 3. The summed E-state index contributed by atoms with van der Waals surface area (Å²) in [5.41, 5.74) is 0. The van der Waals surface area contributed by atoms with Crippen LogP contribution >= 0.6 is 0 Å². The molecule has 1 heterocycles. The second-order valence-corrected chi connectivity index (χ2v) is 2.39. The summed E-state index contributed by atoms with van der Waals surface area (Å²) in [5.74, 6) is -0.977. The Morgan fingerprint density at radius 1 is 1.45 bits per heavy atom. The molecule has 0 aromatic carbocycles. The second-order valence-electron chi connectivity index (χ2n) is 2.39. The summed E-state index contributed by atoms with van der Waals surface area (Å²) in [6.45, 7) is 1.19. The van der Waals surface area contributed by atoms with Crippen molar-refractivity contribution >= 4 is 17.8 Å². The van der Waals surface area contributed by atoms with E-state index >= 15 is 0 Å². The third kappa shape index (κ3) is 1.09. The molecule has 5 nitrogen and oxygen atoms in total. The number of hydrogen-bond donors (Lipinski definition) is 0. The van der Waals surface area contributed by atoms with E-state index in [1.165, 1.54) is 18.9 Å². The van der Waals surface area contributed by atoms with Crippen LogP contribution in [-0.2, 0) is 9.59 Å². The van der Waals surface area contributed by atoms with Crippen molar-refractivity contribution in [3.05, 3.63) is 0 Å². The highest BCUT2D eigenvalue weighted by Gasteiger charge is 2.36. The smallest absolute Gasteiger partial charge is 0.318 e. The van der Waals surface area contributed by atoms with Gasteiger partial charge in [0.25, 0.3) is 5.91 Å². The highest BCUT2D eigenvalue weighted by molar-refractivity contribution is 6.14. The van der Waals surface area contributed by atoms with Gasteiger partial charge in [-0.05, 0) is 0 Å². The van der Waals surface area contributed by atoms with Gasteiger partial charge in [0.15, 0.2) is 0 Å². The summed E-state index contributed by atoms with van der Waals surface area (Å²) in [6, 6.07) is -0.539. The van der Waals surface area contributed by atoms with Crippen molar-refractivity contribution in [2.24, 2.45) is 0 Å². The Morgan fingerprint density at radius 2 is 2.00 bits per heavy atom. The number of urea groups is 1. The van der Waals surface area contributed by atoms with E-state index in [0.717, 1.165) is 0 Å². The van der Waals surface area contributed by atoms with E-state index in [1.54, 1.807) is 0 Å². The molecule has 1 rings (SSSR count). The van der Waals surface area contributed by atoms with Gasteiger partial charge in [0, 0.05) is 14.0 Å². The minimum Gasteiger partial charge on any atom is -0.318 e. The van der Waals surface area contributed by atoms with Gasteiger partial charge in [-0.1, -0.05) is 0 Å². The molecule has 0 unspecified atom stereocenters. The fourth-order valence-corrected chi connectivity index (χ4v) is 0.929. The topological polar surface area (TPSA) is 57.7 Å². The first-order valence-electron chi connectivity index (χ1n) is 3.12. The lowest BCUT2D eigenvalue weighted by molar-refractivity contribution is -0.136. The predicted molar refractivity (Wildman–Crippen MR) is 35.6 cm³/mol. The molecule has 0 spiro atoms. The maximum Gasteiger partial charge on any atom is 0.333 e. The molecule has 0 radical (unpaired) electrons. The quantitative estimate of drug-likeness (QED) is 0.441. The molecule has 1 aliphatic rings. The van der Waals surface area contributed by atoms with Gasteiger partial charge < -0.3 is 4.90 Å². The lowest BCUT2D eigenvalue weighted by Crippen LogP contribution is -2.35. The first-order valence-corrected chi connectivity index (χ1v) is 3.12. The van der Waals surface area contributed by atoms with E-state index < -0.39 is 17.8 Å². The Hall–Kier alpha value is -1.39. The highest BCUT2D eigenvalue weighted by Crippen LogP contribution is 2.06. The number of rotatable bonds is 0. The Balaban J connectivity index is 2.88. The number of nitrogens with zero attached hydrogens (tertiary/aromatic N) is 2. The van der Waals surface area contributed by atoms with Crippen LogP contribution in [0.2, 0.25) is 0 Å². The van der Waals surface area contributed by atoms with Crippen LogP contribution in [-0.4, -0.2) is 41.2 Å². The molecule has 1 fully saturated rings. The average Bonchev–Trinajstić information content (AvgIpc) is 2.07. The van der Waals surface area contributed by atoms with E-state index in [0.29, 0.717) is 4.90 Å². The van der Waals surface area contributed by atoms with Gasteiger partial charge in [0.05, 0.1) is 0 Å². The van der Waals surface area contributed by atoms with Gasteiger partial charge in [-0.15, -0.1) is 0 Å². The normalized spacial score (nSPS) is 18.0. The van der Waals surface area contributed by atoms with Gasteiger partial charge >= 0.3 is 6.03 Å². The first-order chi connectivity index (χ1) is 5.04. The number of imide groups is 3. The predicted octanol–water partition coefficient (Wildman–Crippen LogP) is -0.573. The molecule has 0 aliphatic carbocycles. The summed E-state index contributed by atoms with van der Waals surface area (Å²) in [6.07, 6.45) is 0. The molecule has 1 aliphatic heterocycles. The lowest BCUT2D eigenvalue weighted by atomic mass is 10.5. The molecule has 0 atom stereocenters. The number of likely N-dealkylation sites (N-methyl/N-ethyl adjacent to an activating group) is 1. The van der Waals surface area contributed by atoms with E-state index in [2.05, 4.69) is 0 Å². The summed E-state index contributed by atoms with van der Waals surface area (Å²) >= 11 is 0. The van der Waals surface area contributed by atoms with Gasteiger partial charge in [0.2, 0.25) is 5.91 Å². The van der Waals surface area contributed by atoms with Crippen LogP contribution in [0.4, 0.5) is 4.79 Å². The number of hydrogen-bond acceptors (Lipinski definition) is 3. The zero-order valence-corrected chi connectivity index (χ0v) is 6.33. The Bertz CT molecular complexity index is 236. The summed E-state index contributed by atoms with van der Waals surface area (Å²) in [4.78, 5) is 34.4. The monoisotopic (exact) mass is 156 g/mol. The third-order valence-electron chi connectivity index (χ3n) is 1.45. The van der Waals surface area contributed by atoms with Gasteiger partial charge in [-0.25, -0.2) is 4.79 Å². The van der Waals surface area contributed by atoms with Crippen LogP contribution < -0.4 is 0 Å². The molecule has 0 N–H and O–H groups in total. The molecular formula is C6H8N2O3. The van der Waals surface area contributed by atoms with Crippen LogP contribution in [0.5, 0.6) is 0 Å². The van der Waals surface area contributed by atoms with Crippen molar-refractivity contribution in [1.82, 2.24) is 9.80 Å². The zero-order valence-electron chi connectivity index (χ0n) is 6.33. The fourth-order valence-electron chi connectivity index (χ4n) is 0.929. The van der Waals surface area contributed by atoms with Crippen LogP contribution in [0.15, 0.2) is 0 Å². The summed E-state index contributed by atoms with van der Waals surface area (Å²) < 4.78 is 0. The largest absolute Gasteiger partial charge is 0.333 e. The van der Waals surface area contributed by atoms with Gasteiger partial charge in [-0.2, -0.15) is 4.90 Å². The molecule has 0 aromatic rings. The fraction of sp³-hybridized carbons (Fsp3) is 0.500. The molecule has 0 bridgehead atoms. The molecule has 5 heteroatoms. The van der Waals surface area contributed by atoms with Crippen molar-refractivity contribution in [3.63, 3.8) is 0 Å². The SMILES string of the molecule is CC(=O)N1C(=O)CN(C)C1=O. The molecule has 4 amide bonds. The zero-order chi connectivity index (χ0) is 8.59. The molecular weight excluding hydrogens is 148 g/mol. The minimum atomic E-state index is -0.539. The maximum atomic E-state index is 11.0. The Labute approximate surface area is 63.6 Å². The number of carbonyl (C=O) groups excluding carboxylic acids is 3. The van der Waals surface area contributed by atoms with Crippen molar-refractivity contribution in [1.29, 1.82) is 0 Å². The van der Waals surface area contributed by atoms with E-state index in [1.807, 2.05) is 0 Å². The molecule has 60 valence electrons. The molecule has 1 saturated heterocycles. The maximum absolute atomic E-state index is 11.0. The van der Waals surface area contributed by atoms with Crippen molar-refractivity contribution in [2.75, 3.05) is 13.6 Å². The second kappa shape index (κ2) is 2.34. The van der Waals surface area contributed by atoms with Crippen LogP contribution in [0.3, 0.4) is 0 Å². The summed E-state index contributed by atoms with van der Waals surface area (Å²) in [7, 11) is 1.48. The number of amides is 4. The van der Waals surface area contributed by atoms with Gasteiger partial charge in [0.1, 0.15) is 6.54 Å². The lowest BCUT2D eigenvalue weighted by Gasteiger charge is -2.08. The Morgan fingerprint density at radius 3 is 2.18 bits per heavy atom. The van der Waals surface area contributed by atoms with Crippen molar-refractivity contribution in [2.45, 2.75) is 6.92 Å². The van der Waals surface area contributed by atoms with Gasteiger partial charge in [-0.3, -0.25) is 9.59 Å². The molecule has 11 heavy (non-hydrogen) atoms. The van der Waals surface area contributed by atoms with Crippen molar-refractivity contribution in [3.8, 4) is 0 Å².